The third kappa shape index (κ3) is 3.49. The molecule has 1 fully saturated rings. The van der Waals surface area contributed by atoms with Crippen LogP contribution in [-0.2, 0) is 11.2 Å². The van der Waals surface area contributed by atoms with Gasteiger partial charge in [-0.15, -0.1) is 12.4 Å². The molecule has 8 nitrogen and oxygen atoms in total. The zero-order chi connectivity index (χ0) is 23.5. The molecular formula is C25H29ClN4O4. The molecule has 0 spiro atoms. The van der Waals surface area contributed by atoms with Crippen molar-refractivity contribution < 1.29 is 19.4 Å². The van der Waals surface area contributed by atoms with Gasteiger partial charge in [0.2, 0.25) is 0 Å². The van der Waals surface area contributed by atoms with Crippen LogP contribution in [0.4, 0.5) is 4.79 Å². The number of aromatic nitrogens is 1. The minimum atomic E-state index is -1.04. The number of rotatable bonds is 5. The Bertz CT molecular complexity index is 1270. The van der Waals surface area contributed by atoms with Crippen LogP contribution in [0.15, 0.2) is 42.5 Å². The lowest BCUT2D eigenvalue weighted by Crippen LogP contribution is -2.53. The maximum absolute atomic E-state index is 13.7. The van der Waals surface area contributed by atoms with Gasteiger partial charge in [0.05, 0.1) is 7.11 Å². The van der Waals surface area contributed by atoms with Crippen LogP contribution in [0.1, 0.15) is 29.8 Å². The predicted molar refractivity (Wildman–Crippen MR) is 132 cm³/mol. The predicted octanol–water partition coefficient (Wildman–Crippen LogP) is 3.53. The minimum absolute atomic E-state index is 0. The molecule has 0 radical (unpaired) electrons. The molecule has 0 aliphatic carbocycles. The second kappa shape index (κ2) is 8.52. The summed E-state index contributed by atoms with van der Waals surface area (Å²) in [7, 11) is 5.46. The van der Waals surface area contributed by atoms with Crippen LogP contribution in [0.3, 0.4) is 0 Å². The number of carbonyl (C=O) groups is 2. The molecule has 9 heteroatoms. The van der Waals surface area contributed by atoms with E-state index in [9.17, 15) is 14.7 Å². The number of amides is 3. The number of nitrogens with one attached hydrogen (secondary N) is 1. The SMILES string of the molecule is COc1ccc2[nH]c3c(c2c1)CC1(C)C(=O)N(CCN(C)C)C(=O)N1[C@@H]3c1cccc(O)c1.Cl. The van der Waals surface area contributed by atoms with Crippen LogP contribution in [0.5, 0.6) is 11.5 Å². The van der Waals surface area contributed by atoms with Crippen LogP contribution < -0.4 is 4.74 Å². The highest BCUT2D eigenvalue weighted by atomic mass is 35.5. The Hall–Kier alpha value is -3.23. The number of hydrogen-bond acceptors (Lipinski definition) is 5. The standard InChI is InChI=1S/C25H28N4O4.ClH/c1-25-14-19-18-13-17(33-4)8-9-20(18)26-21(19)22(15-6-5-7-16(30)12-15)29(25)24(32)28(23(25)31)11-10-27(2)3;/h5-9,12-13,22,26,30H,10-11,14H2,1-4H3;1H/t22-,25?;/m1./s1. The van der Waals surface area contributed by atoms with E-state index in [1.807, 2.05) is 50.2 Å². The van der Waals surface area contributed by atoms with Gasteiger partial charge in [0.25, 0.3) is 5.91 Å². The van der Waals surface area contributed by atoms with E-state index in [2.05, 4.69) is 4.98 Å². The van der Waals surface area contributed by atoms with Crippen molar-refractivity contribution in [1.29, 1.82) is 0 Å². The molecule has 1 saturated heterocycles. The summed E-state index contributed by atoms with van der Waals surface area (Å²) < 4.78 is 5.44. The van der Waals surface area contributed by atoms with Crippen LogP contribution in [0.2, 0.25) is 0 Å². The summed E-state index contributed by atoms with van der Waals surface area (Å²) >= 11 is 0. The molecule has 3 aromatic rings. The van der Waals surface area contributed by atoms with E-state index in [4.69, 9.17) is 4.74 Å². The largest absolute Gasteiger partial charge is 0.508 e. The molecule has 3 amide bonds. The normalized spacial score (nSPS) is 21.6. The zero-order valence-corrected chi connectivity index (χ0v) is 20.5. The summed E-state index contributed by atoms with van der Waals surface area (Å²) in [5.74, 6) is 0.649. The minimum Gasteiger partial charge on any atom is -0.508 e. The molecule has 5 rings (SSSR count). The number of nitrogens with zero attached hydrogens (tertiary/aromatic N) is 3. The van der Waals surface area contributed by atoms with Gasteiger partial charge in [-0.3, -0.25) is 14.6 Å². The molecule has 2 atom stereocenters. The summed E-state index contributed by atoms with van der Waals surface area (Å²) in [6, 6.07) is 11.9. The molecule has 2 aliphatic rings. The quantitative estimate of drug-likeness (QED) is 0.541. The first-order valence-electron chi connectivity index (χ1n) is 11.0. The van der Waals surface area contributed by atoms with Gasteiger partial charge >= 0.3 is 6.03 Å². The number of methoxy groups -OCH3 is 1. The average molecular weight is 485 g/mol. The van der Waals surface area contributed by atoms with Crippen molar-refractivity contribution in [2.24, 2.45) is 0 Å². The van der Waals surface area contributed by atoms with E-state index in [0.29, 0.717) is 19.5 Å². The zero-order valence-electron chi connectivity index (χ0n) is 19.7. The van der Waals surface area contributed by atoms with Crippen molar-refractivity contribution in [3.63, 3.8) is 0 Å². The number of phenols is 1. The number of ether oxygens (including phenoxy) is 1. The molecule has 2 aromatic carbocycles. The molecule has 0 saturated carbocycles. The molecule has 180 valence electrons. The number of fused-ring (bicyclic) bond motifs is 4. The highest BCUT2D eigenvalue weighted by molar-refractivity contribution is 6.08. The molecule has 0 bridgehead atoms. The maximum Gasteiger partial charge on any atom is 0.328 e. The van der Waals surface area contributed by atoms with Gasteiger partial charge in [0.1, 0.15) is 23.1 Å². The van der Waals surface area contributed by atoms with E-state index in [1.54, 1.807) is 30.2 Å². The first-order valence-corrected chi connectivity index (χ1v) is 11.0. The van der Waals surface area contributed by atoms with Crippen LogP contribution >= 0.6 is 12.4 Å². The Kier molecular flexibility index (Phi) is 5.99. The molecule has 2 aliphatic heterocycles. The highest BCUT2D eigenvalue weighted by Gasteiger charge is 2.60. The summed E-state index contributed by atoms with van der Waals surface area (Å²) in [5.41, 5.74) is 2.48. The number of likely N-dealkylation sites (N-methyl/N-ethyl adjacent to an activating group) is 1. The number of imide groups is 1. The van der Waals surface area contributed by atoms with Crippen molar-refractivity contribution in [3.05, 3.63) is 59.3 Å². The van der Waals surface area contributed by atoms with Crippen molar-refractivity contribution in [3.8, 4) is 11.5 Å². The van der Waals surface area contributed by atoms with Gasteiger partial charge in [-0.25, -0.2) is 4.79 Å². The first kappa shape index (κ1) is 23.9. The number of carbonyl (C=O) groups excluding carboxylic acids is 2. The van der Waals surface area contributed by atoms with Gasteiger partial charge in [0.15, 0.2) is 0 Å². The third-order valence-corrected chi connectivity index (χ3v) is 6.83. The fraction of sp³-hybridized carbons (Fsp3) is 0.360. The highest BCUT2D eigenvalue weighted by Crippen LogP contribution is 2.49. The molecule has 1 aromatic heterocycles. The Morgan fingerprint density at radius 2 is 1.97 bits per heavy atom. The molecule has 34 heavy (non-hydrogen) atoms. The van der Waals surface area contributed by atoms with E-state index >= 15 is 0 Å². The smallest absolute Gasteiger partial charge is 0.328 e. The number of H-pyrrole nitrogens is 1. The monoisotopic (exact) mass is 484 g/mol. The van der Waals surface area contributed by atoms with Crippen LogP contribution in [0.25, 0.3) is 10.9 Å². The fourth-order valence-electron chi connectivity index (χ4n) is 5.16. The number of aromatic hydroxyl groups is 1. The topological polar surface area (TPSA) is 89.1 Å². The third-order valence-electron chi connectivity index (χ3n) is 6.83. The number of benzene rings is 2. The number of phenolic OH excluding ortho intramolecular Hbond substituents is 1. The summed E-state index contributed by atoms with van der Waals surface area (Å²) in [6.45, 7) is 2.76. The summed E-state index contributed by atoms with van der Waals surface area (Å²) in [5, 5.41) is 11.2. The summed E-state index contributed by atoms with van der Waals surface area (Å²) in [6.07, 6.45) is 0.397. The van der Waals surface area contributed by atoms with E-state index < -0.39 is 11.6 Å². The molecule has 2 N–H and O–H groups in total. The van der Waals surface area contributed by atoms with E-state index in [1.165, 1.54) is 4.90 Å². The molecular weight excluding hydrogens is 456 g/mol. The van der Waals surface area contributed by atoms with Crippen molar-refractivity contribution in [1.82, 2.24) is 19.7 Å². The van der Waals surface area contributed by atoms with Crippen LogP contribution in [0, 0.1) is 0 Å². The van der Waals surface area contributed by atoms with Crippen molar-refractivity contribution in [2.75, 3.05) is 34.3 Å². The Morgan fingerprint density at radius 1 is 1.21 bits per heavy atom. The first-order chi connectivity index (χ1) is 15.7. The second-order valence-electron chi connectivity index (χ2n) is 9.29. The Balaban J connectivity index is 0.00000274. The van der Waals surface area contributed by atoms with E-state index in [0.717, 1.165) is 33.5 Å². The van der Waals surface area contributed by atoms with Gasteiger partial charge < -0.3 is 19.7 Å². The Morgan fingerprint density at radius 3 is 2.65 bits per heavy atom. The number of hydrogen-bond donors (Lipinski definition) is 2. The Labute approximate surface area is 204 Å². The number of halogens is 1. The molecule has 1 unspecified atom stereocenters. The fourth-order valence-corrected chi connectivity index (χ4v) is 5.16. The lowest BCUT2D eigenvalue weighted by atomic mass is 9.81. The summed E-state index contributed by atoms with van der Waals surface area (Å²) in [4.78, 5) is 35.9. The average Bonchev–Trinajstić information content (AvgIpc) is 3.22. The molecule has 3 heterocycles. The van der Waals surface area contributed by atoms with Gasteiger partial charge in [-0.2, -0.15) is 0 Å². The number of urea groups is 1. The van der Waals surface area contributed by atoms with Crippen molar-refractivity contribution in [2.45, 2.75) is 24.9 Å². The van der Waals surface area contributed by atoms with Gasteiger partial charge in [-0.05, 0) is 62.5 Å². The van der Waals surface area contributed by atoms with E-state index in [-0.39, 0.29) is 30.1 Å². The number of aromatic amines is 1. The maximum atomic E-state index is 13.7. The van der Waals surface area contributed by atoms with Gasteiger partial charge in [-0.1, -0.05) is 12.1 Å². The van der Waals surface area contributed by atoms with Crippen LogP contribution in [-0.4, -0.2) is 76.6 Å². The second-order valence-corrected chi connectivity index (χ2v) is 9.29. The lowest BCUT2D eigenvalue weighted by molar-refractivity contribution is -0.133. The lowest BCUT2D eigenvalue weighted by Gasteiger charge is -2.42. The van der Waals surface area contributed by atoms with Gasteiger partial charge in [0, 0.05) is 36.1 Å². The van der Waals surface area contributed by atoms with Crippen molar-refractivity contribution >= 4 is 35.2 Å².